The van der Waals surface area contributed by atoms with Crippen LogP contribution in [0.4, 0.5) is 5.69 Å². The van der Waals surface area contributed by atoms with Crippen LogP contribution in [0.5, 0.6) is 0 Å². The molecule has 1 aromatic heterocycles. The van der Waals surface area contributed by atoms with E-state index in [-0.39, 0.29) is 15.5 Å². The number of nitrogens with zero attached hydrogens (tertiary/aromatic N) is 1. The van der Waals surface area contributed by atoms with Gasteiger partial charge in [-0.3, -0.25) is 4.72 Å². The van der Waals surface area contributed by atoms with Gasteiger partial charge in [-0.1, -0.05) is 11.6 Å². The lowest BCUT2D eigenvalue weighted by Gasteiger charge is -2.11. The number of methoxy groups -OCH3 is 1. The molecule has 0 saturated carbocycles. The van der Waals surface area contributed by atoms with Crippen molar-refractivity contribution in [3.05, 3.63) is 40.5 Å². The molecule has 0 aliphatic heterocycles. The summed E-state index contributed by atoms with van der Waals surface area (Å²) >= 11 is 1.06. The molecule has 21 heavy (non-hydrogen) atoms. The average Bonchev–Trinajstić information content (AvgIpc) is 2.87. The van der Waals surface area contributed by atoms with E-state index in [0.29, 0.717) is 5.01 Å². The molecule has 6 nitrogen and oxygen atoms in total. The molecule has 0 fully saturated rings. The molecule has 1 N–H and O–H groups in total. The van der Waals surface area contributed by atoms with Gasteiger partial charge in [-0.05, 0) is 26.0 Å². The molecule has 0 saturated heterocycles. The van der Waals surface area contributed by atoms with Crippen molar-refractivity contribution in [1.82, 2.24) is 4.98 Å². The summed E-state index contributed by atoms with van der Waals surface area (Å²) in [6.07, 6.45) is 1.29. The maximum absolute atomic E-state index is 12.3. The van der Waals surface area contributed by atoms with E-state index < -0.39 is 16.0 Å². The topological polar surface area (TPSA) is 85.4 Å². The van der Waals surface area contributed by atoms with E-state index in [1.807, 2.05) is 0 Å². The van der Waals surface area contributed by atoms with E-state index in [1.54, 1.807) is 26.0 Å². The molecular formula is C13H14N2O4S2. The summed E-state index contributed by atoms with van der Waals surface area (Å²) in [6, 6.07) is 4.82. The van der Waals surface area contributed by atoms with Crippen molar-refractivity contribution in [3.8, 4) is 0 Å². The number of sulfonamides is 1. The largest absolute Gasteiger partial charge is 0.465 e. The first kappa shape index (κ1) is 15.5. The van der Waals surface area contributed by atoms with Crippen molar-refractivity contribution >= 4 is 33.0 Å². The van der Waals surface area contributed by atoms with Crippen molar-refractivity contribution in [2.24, 2.45) is 0 Å². The Hall–Kier alpha value is -1.93. The second-order valence-electron chi connectivity index (χ2n) is 4.34. The fourth-order valence-electron chi connectivity index (χ4n) is 1.69. The molecule has 0 aliphatic rings. The third kappa shape index (κ3) is 3.40. The number of nitrogens with one attached hydrogen (secondary N) is 1. The number of carbonyl (C=O) groups excluding carboxylic acids is 1. The van der Waals surface area contributed by atoms with Gasteiger partial charge in [0.25, 0.3) is 10.0 Å². The minimum atomic E-state index is -3.77. The van der Waals surface area contributed by atoms with E-state index >= 15 is 0 Å². The van der Waals surface area contributed by atoms with Crippen molar-refractivity contribution in [2.45, 2.75) is 18.1 Å². The van der Waals surface area contributed by atoms with Gasteiger partial charge in [-0.15, -0.1) is 11.3 Å². The molecule has 0 unspecified atom stereocenters. The zero-order valence-corrected chi connectivity index (χ0v) is 13.3. The number of anilines is 1. The zero-order valence-electron chi connectivity index (χ0n) is 11.7. The molecule has 0 amide bonds. The number of benzene rings is 1. The number of hydrogen-bond donors (Lipinski definition) is 1. The Morgan fingerprint density at radius 3 is 2.62 bits per heavy atom. The van der Waals surface area contributed by atoms with Crippen molar-refractivity contribution < 1.29 is 17.9 Å². The second kappa shape index (κ2) is 5.82. The summed E-state index contributed by atoms with van der Waals surface area (Å²) in [7, 11) is -2.53. The molecular weight excluding hydrogens is 312 g/mol. The second-order valence-corrected chi connectivity index (χ2v) is 7.49. The third-order valence-corrected chi connectivity index (χ3v) is 5.43. The van der Waals surface area contributed by atoms with Crippen LogP contribution in [0.3, 0.4) is 0 Å². The first-order valence-corrected chi connectivity index (χ1v) is 8.27. The Morgan fingerprint density at radius 2 is 2.05 bits per heavy atom. The SMILES string of the molecule is COC(=O)c1cc(C)ccc1NS(=O)(=O)c1cnc(C)s1. The van der Waals surface area contributed by atoms with Crippen LogP contribution in [0.25, 0.3) is 0 Å². The molecule has 0 aliphatic carbocycles. The number of aryl methyl sites for hydroxylation is 2. The molecule has 1 aromatic carbocycles. The number of esters is 1. The van der Waals surface area contributed by atoms with Crippen LogP contribution in [0, 0.1) is 13.8 Å². The molecule has 1 heterocycles. The Labute approximate surface area is 126 Å². The summed E-state index contributed by atoms with van der Waals surface area (Å²) in [5.74, 6) is -0.600. The molecule has 2 rings (SSSR count). The Kier molecular flexibility index (Phi) is 4.29. The van der Waals surface area contributed by atoms with Gasteiger partial charge in [0.15, 0.2) is 4.21 Å². The van der Waals surface area contributed by atoms with E-state index in [0.717, 1.165) is 16.9 Å². The lowest BCUT2D eigenvalue weighted by atomic mass is 10.1. The van der Waals surface area contributed by atoms with Gasteiger partial charge < -0.3 is 4.74 Å². The van der Waals surface area contributed by atoms with E-state index in [9.17, 15) is 13.2 Å². The lowest BCUT2D eigenvalue weighted by Crippen LogP contribution is -2.15. The highest BCUT2D eigenvalue weighted by atomic mass is 32.2. The van der Waals surface area contributed by atoms with Crippen LogP contribution in [0.1, 0.15) is 20.9 Å². The molecule has 112 valence electrons. The summed E-state index contributed by atoms with van der Waals surface area (Å²) in [6.45, 7) is 3.52. The van der Waals surface area contributed by atoms with Gasteiger partial charge >= 0.3 is 5.97 Å². The summed E-state index contributed by atoms with van der Waals surface area (Å²) < 4.78 is 31.7. The number of hydrogen-bond acceptors (Lipinski definition) is 6. The zero-order chi connectivity index (χ0) is 15.6. The monoisotopic (exact) mass is 326 g/mol. The minimum absolute atomic E-state index is 0.0939. The van der Waals surface area contributed by atoms with Gasteiger partial charge in [0.05, 0.1) is 29.6 Å². The third-order valence-electron chi connectivity index (χ3n) is 2.69. The molecule has 8 heteroatoms. The fraction of sp³-hybridized carbons (Fsp3) is 0.231. The standard InChI is InChI=1S/C13H14N2O4S2/c1-8-4-5-11(10(6-8)13(16)19-3)15-21(17,18)12-7-14-9(2)20-12/h4-7,15H,1-3H3. The van der Waals surface area contributed by atoms with Crippen LogP contribution >= 0.6 is 11.3 Å². The molecule has 0 spiro atoms. The lowest BCUT2D eigenvalue weighted by molar-refractivity contribution is 0.0602. The van der Waals surface area contributed by atoms with Crippen LogP contribution in [-0.4, -0.2) is 26.5 Å². The highest BCUT2D eigenvalue weighted by Crippen LogP contribution is 2.24. The normalized spacial score (nSPS) is 11.2. The first-order chi connectivity index (χ1) is 9.83. The van der Waals surface area contributed by atoms with Crippen LogP contribution in [0.2, 0.25) is 0 Å². The Morgan fingerprint density at radius 1 is 1.33 bits per heavy atom. The average molecular weight is 326 g/mol. The minimum Gasteiger partial charge on any atom is -0.465 e. The number of carbonyl (C=O) groups is 1. The summed E-state index contributed by atoms with van der Waals surface area (Å²) in [5, 5.41) is 0.646. The quantitative estimate of drug-likeness (QED) is 0.872. The number of aromatic nitrogens is 1. The maximum atomic E-state index is 12.3. The number of thiazole rings is 1. The van der Waals surface area contributed by atoms with Gasteiger partial charge in [-0.25, -0.2) is 18.2 Å². The maximum Gasteiger partial charge on any atom is 0.340 e. The van der Waals surface area contributed by atoms with Gasteiger partial charge in [0.2, 0.25) is 0 Å². The fourth-order valence-corrected chi connectivity index (χ4v) is 3.87. The van der Waals surface area contributed by atoms with Gasteiger partial charge in [0, 0.05) is 0 Å². The summed E-state index contributed by atoms with van der Waals surface area (Å²) in [5.41, 5.74) is 1.17. The number of rotatable bonds is 4. The van der Waals surface area contributed by atoms with Crippen molar-refractivity contribution in [3.63, 3.8) is 0 Å². The van der Waals surface area contributed by atoms with Crippen LogP contribution < -0.4 is 4.72 Å². The molecule has 0 bridgehead atoms. The Balaban J connectivity index is 2.42. The first-order valence-electron chi connectivity index (χ1n) is 5.97. The number of ether oxygens (including phenoxy) is 1. The molecule has 2 aromatic rings. The molecule has 0 radical (unpaired) electrons. The predicted octanol–water partition coefficient (Wildman–Crippen LogP) is 2.35. The van der Waals surface area contributed by atoms with E-state index in [4.69, 9.17) is 0 Å². The van der Waals surface area contributed by atoms with Gasteiger partial charge in [-0.2, -0.15) is 0 Å². The smallest absolute Gasteiger partial charge is 0.340 e. The van der Waals surface area contributed by atoms with E-state index in [1.165, 1.54) is 19.4 Å². The van der Waals surface area contributed by atoms with Gasteiger partial charge in [0.1, 0.15) is 0 Å². The highest BCUT2D eigenvalue weighted by Gasteiger charge is 2.21. The van der Waals surface area contributed by atoms with Crippen molar-refractivity contribution in [1.29, 1.82) is 0 Å². The summed E-state index contributed by atoms with van der Waals surface area (Å²) in [4.78, 5) is 15.7. The van der Waals surface area contributed by atoms with E-state index in [2.05, 4.69) is 14.4 Å². The highest BCUT2D eigenvalue weighted by molar-refractivity contribution is 7.94. The molecule has 0 atom stereocenters. The Bertz CT molecular complexity index is 781. The predicted molar refractivity (Wildman–Crippen MR) is 80.2 cm³/mol. The van der Waals surface area contributed by atoms with Crippen LogP contribution in [-0.2, 0) is 14.8 Å². The van der Waals surface area contributed by atoms with Crippen molar-refractivity contribution in [2.75, 3.05) is 11.8 Å². The van der Waals surface area contributed by atoms with Crippen LogP contribution in [0.15, 0.2) is 28.6 Å².